The molecule has 8 nitrogen and oxygen atoms in total. The second-order valence-corrected chi connectivity index (χ2v) is 7.92. The van der Waals surface area contributed by atoms with E-state index in [1.807, 2.05) is 25.1 Å². The summed E-state index contributed by atoms with van der Waals surface area (Å²) in [6.07, 6.45) is 1.60. The van der Waals surface area contributed by atoms with E-state index < -0.39 is 10.0 Å². The molecule has 0 spiro atoms. The Hall–Kier alpha value is -2.52. The van der Waals surface area contributed by atoms with E-state index >= 15 is 0 Å². The maximum Gasteiger partial charge on any atom is 0.319 e. The highest BCUT2D eigenvalue weighted by Gasteiger charge is 2.17. The molecule has 0 aliphatic carbocycles. The number of amides is 2. The minimum absolute atomic E-state index is 0.00187. The number of nitrogens with one attached hydrogen (secondary N) is 3. The van der Waals surface area contributed by atoms with Crippen LogP contribution in [0, 0.1) is 0 Å². The number of urea groups is 1. The van der Waals surface area contributed by atoms with Crippen molar-refractivity contribution in [3.05, 3.63) is 48.4 Å². The summed E-state index contributed by atoms with van der Waals surface area (Å²) in [7, 11) is 0.492. The van der Waals surface area contributed by atoms with Crippen molar-refractivity contribution >= 4 is 27.4 Å². The molecule has 2 rings (SSSR count). The lowest BCUT2D eigenvalue weighted by atomic mass is 10.2. The average Bonchev–Trinajstić information content (AvgIpc) is 3.10. The molecular weight excluding hydrogens is 356 g/mol. The van der Waals surface area contributed by atoms with Gasteiger partial charge in [-0.2, -0.15) is 0 Å². The van der Waals surface area contributed by atoms with Gasteiger partial charge in [-0.25, -0.2) is 13.2 Å². The number of benzene rings is 1. The zero-order valence-corrected chi connectivity index (χ0v) is 15.8. The van der Waals surface area contributed by atoms with E-state index in [9.17, 15) is 13.2 Å². The van der Waals surface area contributed by atoms with Crippen LogP contribution < -0.4 is 15.4 Å². The minimum atomic E-state index is -3.32. The average molecular weight is 380 g/mol. The second-order valence-electron chi connectivity index (χ2n) is 5.91. The lowest BCUT2D eigenvalue weighted by Gasteiger charge is -2.22. The molecule has 0 saturated carbocycles. The van der Waals surface area contributed by atoms with E-state index in [-0.39, 0.29) is 17.8 Å². The predicted molar refractivity (Wildman–Crippen MR) is 102 cm³/mol. The van der Waals surface area contributed by atoms with E-state index in [0.717, 1.165) is 5.76 Å². The highest BCUT2D eigenvalue weighted by atomic mass is 32.2. The van der Waals surface area contributed by atoms with Crippen LogP contribution in [0.5, 0.6) is 0 Å². The molecule has 0 bridgehead atoms. The molecule has 0 saturated heterocycles. The van der Waals surface area contributed by atoms with Crippen LogP contribution in [0.2, 0.25) is 0 Å². The normalized spacial score (nSPS) is 12.6. The molecule has 2 aromatic rings. The SMILES string of the molecule is CCS(=O)(=O)Nc1ccc(NC(=O)NCC(c2ccco2)N(C)C)cc1. The molecule has 1 atom stereocenters. The van der Waals surface area contributed by atoms with Gasteiger partial charge in [0.1, 0.15) is 5.76 Å². The van der Waals surface area contributed by atoms with Crippen LogP contribution >= 0.6 is 0 Å². The van der Waals surface area contributed by atoms with Gasteiger partial charge in [-0.15, -0.1) is 0 Å². The Morgan fingerprint density at radius 1 is 1.15 bits per heavy atom. The second kappa shape index (κ2) is 8.72. The van der Waals surface area contributed by atoms with Crippen LogP contribution in [0.25, 0.3) is 0 Å². The van der Waals surface area contributed by atoms with Crippen LogP contribution in [0.4, 0.5) is 16.2 Å². The van der Waals surface area contributed by atoms with E-state index in [4.69, 9.17) is 4.42 Å². The molecule has 2 amide bonds. The number of hydrogen-bond donors (Lipinski definition) is 3. The molecule has 0 aliphatic rings. The Kier molecular flexibility index (Phi) is 6.64. The van der Waals surface area contributed by atoms with Crippen LogP contribution in [0.15, 0.2) is 47.1 Å². The van der Waals surface area contributed by atoms with Crippen molar-refractivity contribution in [3.63, 3.8) is 0 Å². The lowest BCUT2D eigenvalue weighted by molar-refractivity contribution is 0.233. The van der Waals surface area contributed by atoms with Crippen molar-refractivity contribution in [3.8, 4) is 0 Å². The number of furan rings is 1. The van der Waals surface area contributed by atoms with Gasteiger partial charge in [0.15, 0.2) is 0 Å². The number of carbonyl (C=O) groups excluding carboxylic acids is 1. The van der Waals surface area contributed by atoms with Gasteiger partial charge in [0, 0.05) is 17.9 Å². The highest BCUT2D eigenvalue weighted by Crippen LogP contribution is 2.18. The summed E-state index contributed by atoms with van der Waals surface area (Å²) in [5.41, 5.74) is 1.00. The number of carbonyl (C=O) groups is 1. The first-order valence-electron chi connectivity index (χ1n) is 8.16. The van der Waals surface area contributed by atoms with Gasteiger partial charge < -0.3 is 15.1 Å². The van der Waals surface area contributed by atoms with Crippen LogP contribution in [-0.4, -0.2) is 45.7 Å². The van der Waals surface area contributed by atoms with Gasteiger partial charge >= 0.3 is 6.03 Å². The van der Waals surface area contributed by atoms with Crippen LogP contribution in [0.3, 0.4) is 0 Å². The van der Waals surface area contributed by atoms with Crippen LogP contribution in [0.1, 0.15) is 18.7 Å². The third-order valence-electron chi connectivity index (χ3n) is 3.75. The Bertz CT molecular complexity index is 802. The quantitative estimate of drug-likeness (QED) is 0.653. The van der Waals surface area contributed by atoms with Gasteiger partial charge in [-0.1, -0.05) is 0 Å². The van der Waals surface area contributed by atoms with Crippen molar-refractivity contribution in [1.82, 2.24) is 10.2 Å². The Morgan fingerprint density at radius 3 is 2.35 bits per heavy atom. The smallest absolute Gasteiger partial charge is 0.319 e. The molecule has 0 fully saturated rings. The third kappa shape index (κ3) is 5.78. The van der Waals surface area contributed by atoms with Crippen molar-refractivity contribution in [1.29, 1.82) is 0 Å². The molecule has 1 aromatic heterocycles. The number of anilines is 2. The third-order valence-corrected chi connectivity index (χ3v) is 5.05. The summed E-state index contributed by atoms with van der Waals surface area (Å²) >= 11 is 0. The number of hydrogen-bond acceptors (Lipinski definition) is 5. The fourth-order valence-electron chi connectivity index (χ4n) is 2.26. The molecule has 3 N–H and O–H groups in total. The Balaban J connectivity index is 1.89. The zero-order valence-electron chi connectivity index (χ0n) is 15.0. The molecule has 0 aliphatic heterocycles. The topological polar surface area (TPSA) is 104 Å². The van der Waals surface area contributed by atoms with Gasteiger partial charge in [0.25, 0.3) is 0 Å². The summed E-state index contributed by atoms with van der Waals surface area (Å²) in [5.74, 6) is 0.765. The highest BCUT2D eigenvalue weighted by molar-refractivity contribution is 7.92. The summed E-state index contributed by atoms with van der Waals surface area (Å²) in [6, 6.07) is 9.67. The van der Waals surface area contributed by atoms with Crippen molar-refractivity contribution in [2.45, 2.75) is 13.0 Å². The fraction of sp³-hybridized carbons (Fsp3) is 0.353. The summed E-state index contributed by atoms with van der Waals surface area (Å²) < 4.78 is 30.9. The number of rotatable bonds is 8. The molecule has 1 unspecified atom stereocenters. The molecule has 9 heteroatoms. The zero-order chi connectivity index (χ0) is 19.2. The molecular formula is C17H24N4O4S. The maximum absolute atomic E-state index is 12.1. The standard InChI is InChI=1S/C17H24N4O4S/c1-4-26(23,24)20-14-9-7-13(8-10-14)19-17(22)18-12-15(21(2)3)16-6-5-11-25-16/h5-11,15,20H,4,12H2,1-3H3,(H2,18,19,22). The van der Waals surface area contributed by atoms with Gasteiger partial charge in [0.2, 0.25) is 10.0 Å². The van der Waals surface area contributed by atoms with Gasteiger partial charge in [-0.3, -0.25) is 9.62 Å². The molecule has 1 heterocycles. The van der Waals surface area contributed by atoms with E-state index in [1.165, 1.54) is 0 Å². The van der Waals surface area contributed by atoms with Crippen molar-refractivity contribution in [2.75, 3.05) is 36.4 Å². The van der Waals surface area contributed by atoms with Gasteiger partial charge in [0.05, 0.1) is 18.1 Å². The predicted octanol–water partition coefficient (Wildman–Crippen LogP) is 2.47. The maximum atomic E-state index is 12.1. The van der Waals surface area contributed by atoms with Crippen LogP contribution in [-0.2, 0) is 10.0 Å². The van der Waals surface area contributed by atoms with Crippen molar-refractivity contribution in [2.24, 2.45) is 0 Å². The lowest BCUT2D eigenvalue weighted by Crippen LogP contribution is -2.36. The number of sulfonamides is 1. The Morgan fingerprint density at radius 2 is 1.81 bits per heavy atom. The summed E-state index contributed by atoms with van der Waals surface area (Å²) in [6.45, 7) is 1.94. The Labute approximate surface area is 153 Å². The molecule has 142 valence electrons. The fourth-order valence-corrected chi connectivity index (χ4v) is 2.90. The minimum Gasteiger partial charge on any atom is -0.468 e. The first-order valence-corrected chi connectivity index (χ1v) is 9.81. The first-order chi connectivity index (χ1) is 12.3. The molecule has 0 radical (unpaired) electrons. The first kappa shape index (κ1) is 19.8. The molecule has 1 aromatic carbocycles. The van der Waals surface area contributed by atoms with Gasteiger partial charge in [-0.05, 0) is 57.4 Å². The largest absolute Gasteiger partial charge is 0.468 e. The number of likely N-dealkylation sites (N-methyl/N-ethyl adjacent to an activating group) is 1. The van der Waals surface area contributed by atoms with E-state index in [2.05, 4.69) is 15.4 Å². The monoisotopic (exact) mass is 380 g/mol. The number of nitrogens with zero attached hydrogens (tertiary/aromatic N) is 1. The molecule has 26 heavy (non-hydrogen) atoms. The van der Waals surface area contributed by atoms with Crippen molar-refractivity contribution < 1.29 is 17.6 Å². The van der Waals surface area contributed by atoms with E-state index in [1.54, 1.807) is 43.5 Å². The summed E-state index contributed by atoms with van der Waals surface area (Å²) in [5, 5.41) is 5.51. The van der Waals surface area contributed by atoms with E-state index in [0.29, 0.717) is 17.9 Å². The summed E-state index contributed by atoms with van der Waals surface area (Å²) in [4.78, 5) is 14.0.